The highest BCUT2D eigenvalue weighted by Crippen LogP contribution is 2.40. The van der Waals surface area contributed by atoms with Crippen molar-refractivity contribution < 1.29 is 0 Å². The summed E-state index contributed by atoms with van der Waals surface area (Å²) in [6.07, 6.45) is 0. The summed E-state index contributed by atoms with van der Waals surface area (Å²) >= 11 is 8.78. The number of fused-ring (bicyclic) bond motifs is 9. The molecule has 0 fully saturated rings. The van der Waals surface area contributed by atoms with Crippen LogP contribution in [0.4, 0.5) is 0 Å². The third-order valence-electron chi connectivity index (χ3n) is 9.35. The quantitative estimate of drug-likeness (QED) is 0.179. The number of nitrogens with zero attached hydrogens (tertiary/aromatic N) is 3. The molecule has 2 aromatic heterocycles. The van der Waals surface area contributed by atoms with Crippen molar-refractivity contribution in [2.24, 2.45) is 0 Å². The molecule has 48 heavy (non-hydrogen) atoms. The fraction of sp³-hybridized carbons (Fsp3) is 0. The predicted molar refractivity (Wildman–Crippen MR) is 204 cm³/mol. The van der Waals surface area contributed by atoms with Gasteiger partial charge in [-0.25, -0.2) is 15.0 Å². The summed E-state index contributed by atoms with van der Waals surface area (Å²) in [4.78, 5) is 15.3. The summed E-state index contributed by atoms with van der Waals surface area (Å²) < 4.78 is 2.37. The number of hydrogen-bond acceptors (Lipinski definition) is 4. The molecule has 0 aliphatic carbocycles. The Labute approximate surface area is 284 Å². The van der Waals surface area contributed by atoms with E-state index in [0.29, 0.717) is 22.5 Å². The van der Waals surface area contributed by atoms with Gasteiger partial charge < -0.3 is 0 Å². The fourth-order valence-corrected chi connectivity index (χ4v) is 8.42. The van der Waals surface area contributed by atoms with Gasteiger partial charge in [0, 0.05) is 36.9 Å². The van der Waals surface area contributed by atoms with Crippen molar-refractivity contribution in [1.82, 2.24) is 15.0 Å². The Kier molecular flexibility index (Phi) is 6.10. The first-order valence-electron chi connectivity index (χ1n) is 15.9. The topological polar surface area (TPSA) is 38.7 Å². The van der Waals surface area contributed by atoms with Crippen molar-refractivity contribution in [1.29, 1.82) is 0 Å². The van der Waals surface area contributed by atoms with Crippen molar-refractivity contribution in [3.8, 4) is 34.2 Å². The molecular weight excluding hydrogens is 626 g/mol. The van der Waals surface area contributed by atoms with Gasteiger partial charge in [0.2, 0.25) is 0 Å². The van der Waals surface area contributed by atoms with E-state index >= 15 is 0 Å². The van der Waals surface area contributed by atoms with Crippen LogP contribution < -0.4 is 0 Å². The Morgan fingerprint density at radius 3 is 1.50 bits per heavy atom. The molecule has 0 aliphatic heterocycles. The molecule has 0 spiro atoms. The van der Waals surface area contributed by atoms with E-state index in [-0.39, 0.29) is 0 Å². The summed E-state index contributed by atoms with van der Waals surface area (Å²) in [6.45, 7) is 0. The van der Waals surface area contributed by atoms with Gasteiger partial charge in [0.05, 0.1) is 5.02 Å². The minimum atomic E-state index is 0.550. The molecular formula is C43H24ClN3S. The summed E-state index contributed by atoms with van der Waals surface area (Å²) in [5, 5.41) is 12.5. The van der Waals surface area contributed by atoms with E-state index in [1.165, 1.54) is 42.4 Å². The van der Waals surface area contributed by atoms with E-state index in [4.69, 9.17) is 26.6 Å². The molecule has 224 valence electrons. The molecule has 8 aromatic carbocycles. The molecule has 0 unspecified atom stereocenters. The average Bonchev–Trinajstić information content (AvgIpc) is 3.50. The first-order chi connectivity index (χ1) is 23.7. The van der Waals surface area contributed by atoms with Crippen LogP contribution >= 0.6 is 22.9 Å². The second kappa shape index (κ2) is 10.7. The van der Waals surface area contributed by atoms with Crippen LogP contribution in [0.15, 0.2) is 146 Å². The molecule has 2 heterocycles. The Morgan fingerprint density at radius 1 is 0.375 bits per heavy atom. The minimum absolute atomic E-state index is 0.550. The molecule has 10 aromatic rings. The maximum absolute atomic E-state index is 7.04. The van der Waals surface area contributed by atoms with Crippen LogP contribution in [0.25, 0.3) is 97.4 Å². The first kappa shape index (κ1) is 27.4. The molecule has 0 bridgehead atoms. The van der Waals surface area contributed by atoms with Crippen molar-refractivity contribution in [3.05, 3.63) is 151 Å². The lowest BCUT2D eigenvalue weighted by atomic mass is 9.99. The van der Waals surface area contributed by atoms with Crippen molar-refractivity contribution in [2.75, 3.05) is 0 Å². The van der Waals surface area contributed by atoms with E-state index < -0.39 is 0 Å². The Balaban J connectivity index is 1.20. The predicted octanol–water partition coefficient (Wildman–Crippen LogP) is 12.5. The van der Waals surface area contributed by atoms with Crippen LogP contribution in [0.1, 0.15) is 0 Å². The third kappa shape index (κ3) is 4.38. The summed E-state index contributed by atoms with van der Waals surface area (Å²) in [7, 11) is 0. The van der Waals surface area contributed by atoms with Gasteiger partial charge in [-0.2, -0.15) is 0 Å². The van der Waals surface area contributed by atoms with Crippen molar-refractivity contribution >= 4 is 86.2 Å². The monoisotopic (exact) mass is 649 g/mol. The van der Waals surface area contributed by atoms with Gasteiger partial charge in [-0.05, 0) is 73.4 Å². The lowest BCUT2D eigenvalue weighted by Crippen LogP contribution is -2.00. The number of halogens is 1. The maximum atomic E-state index is 7.04. The number of rotatable bonds is 3. The van der Waals surface area contributed by atoms with E-state index in [1.54, 1.807) is 11.3 Å². The van der Waals surface area contributed by atoms with Crippen LogP contribution in [0.3, 0.4) is 0 Å². The Morgan fingerprint density at radius 2 is 0.875 bits per heavy atom. The second-order valence-electron chi connectivity index (χ2n) is 12.2. The lowest BCUT2D eigenvalue weighted by molar-refractivity contribution is 1.08. The molecule has 0 amide bonds. The van der Waals surface area contributed by atoms with Gasteiger partial charge in [0.25, 0.3) is 0 Å². The van der Waals surface area contributed by atoms with Gasteiger partial charge in [-0.1, -0.05) is 127 Å². The SMILES string of the molecule is Clc1cc2sc3ccccc3c2cc1-c1nc(-c2ccc3c(ccc4ccccc43)c2)nc(-c2ccc3c(ccc4ccccc43)c2)n1. The highest BCUT2D eigenvalue weighted by atomic mass is 35.5. The summed E-state index contributed by atoms with van der Waals surface area (Å²) in [5.74, 6) is 1.76. The van der Waals surface area contributed by atoms with Crippen LogP contribution in [0.5, 0.6) is 0 Å². The standard InChI is InChI=1S/C43H24ClN3S/c44-38-24-40-36(35-11-5-6-12-39(35)48-40)23-37(38)43-46-41(29-17-19-33-27(21-29)15-13-25-7-1-3-9-31(25)33)45-42(47-43)30-18-20-34-28(22-30)16-14-26-8-2-4-10-32(26)34/h1-24H. The van der Waals surface area contributed by atoms with Gasteiger partial charge in [0.15, 0.2) is 17.5 Å². The molecule has 0 atom stereocenters. The molecule has 0 aliphatic rings. The smallest absolute Gasteiger partial charge is 0.165 e. The first-order valence-corrected chi connectivity index (χ1v) is 17.1. The zero-order chi connectivity index (χ0) is 31.8. The molecule has 0 radical (unpaired) electrons. The van der Waals surface area contributed by atoms with Crippen LogP contribution in [0, 0.1) is 0 Å². The number of thiophene rings is 1. The van der Waals surface area contributed by atoms with Crippen molar-refractivity contribution in [2.45, 2.75) is 0 Å². The average molecular weight is 650 g/mol. The van der Waals surface area contributed by atoms with Crippen LogP contribution in [0.2, 0.25) is 5.02 Å². The minimum Gasteiger partial charge on any atom is -0.208 e. The number of hydrogen-bond donors (Lipinski definition) is 0. The van der Waals surface area contributed by atoms with Gasteiger partial charge >= 0.3 is 0 Å². The van der Waals surface area contributed by atoms with E-state index in [9.17, 15) is 0 Å². The largest absolute Gasteiger partial charge is 0.208 e. The number of aromatic nitrogens is 3. The van der Waals surface area contributed by atoms with Crippen LogP contribution in [-0.2, 0) is 0 Å². The summed E-state index contributed by atoms with van der Waals surface area (Å²) in [5.41, 5.74) is 2.64. The lowest BCUT2D eigenvalue weighted by Gasteiger charge is -2.12. The van der Waals surface area contributed by atoms with Crippen molar-refractivity contribution in [3.63, 3.8) is 0 Å². The van der Waals surface area contributed by atoms with E-state index in [0.717, 1.165) is 37.5 Å². The highest BCUT2D eigenvalue weighted by Gasteiger charge is 2.18. The number of benzene rings is 8. The summed E-state index contributed by atoms with van der Waals surface area (Å²) in [6, 6.07) is 51.2. The molecule has 0 saturated heterocycles. The zero-order valence-corrected chi connectivity index (χ0v) is 27.1. The molecule has 10 rings (SSSR count). The molecule has 0 N–H and O–H groups in total. The zero-order valence-electron chi connectivity index (χ0n) is 25.5. The van der Waals surface area contributed by atoms with Gasteiger partial charge in [-0.3, -0.25) is 0 Å². The van der Waals surface area contributed by atoms with Gasteiger partial charge in [-0.15, -0.1) is 11.3 Å². The van der Waals surface area contributed by atoms with E-state index in [2.05, 4.69) is 140 Å². The normalized spacial score (nSPS) is 11.9. The van der Waals surface area contributed by atoms with Crippen LogP contribution in [-0.4, -0.2) is 15.0 Å². The highest BCUT2D eigenvalue weighted by molar-refractivity contribution is 7.25. The Bertz CT molecular complexity index is 2790. The fourth-order valence-electron chi connectivity index (χ4n) is 6.98. The van der Waals surface area contributed by atoms with E-state index in [1.807, 2.05) is 6.07 Å². The third-order valence-corrected chi connectivity index (χ3v) is 10.8. The maximum Gasteiger partial charge on any atom is 0.165 e. The van der Waals surface area contributed by atoms with Gasteiger partial charge in [0.1, 0.15) is 0 Å². The molecule has 3 nitrogen and oxygen atoms in total. The second-order valence-corrected chi connectivity index (χ2v) is 13.7. The molecule has 5 heteroatoms. The Hall–Kier alpha value is -5.68. The molecule has 0 saturated carbocycles.